The molecule has 1 unspecified atom stereocenters. The molecule has 3 aromatic rings. The van der Waals surface area contributed by atoms with E-state index in [1.165, 1.54) is 19.2 Å². The van der Waals surface area contributed by atoms with Gasteiger partial charge in [0, 0.05) is 0 Å². The minimum absolute atomic E-state index is 0.0584. The van der Waals surface area contributed by atoms with Crippen molar-refractivity contribution in [3.63, 3.8) is 0 Å². The second-order valence-corrected chi connectivity index (χ2v) is 6.06. The summed E-state index contributed by atoms with van der Waals surface area (Å²) in [7, 11) is 1.51. The van der Waals surface area contributed by atoms with Gasteiger partial charge in [0.15, 0.2) is 16.9 Å². The van der Waals surface area contributed by atoms with Crippen molar-refractivity contribution in [1.82, 2.24) is 5.32 Å². The lowest BCUT2D eigenvalue weighted by Crippen LogP contribution is -2.22. The van der Waals surface area contributed by atoms with E-state index in [-0.39, 0.29) is 22.3 Å². The van der Waals surface area contributed by atoms with E-state index in [4.69, 9.17) is 13.9 Å². The topological polar surface area (TPSA) is 77.8 Å². The number of hydrogen-bond donors (Lipinski definition) is 1. The van der Waals surface area contributed by atoms with Crippen molar-refractivity contribution in [2.75, 3.05) is 13.7 Å². The Hall–Kier alpha value is -3.35. The molecule has 1 N–H and O–H groups in total. The molecule has 0 fully saturated rings. The number of nitrogens with one attached hydrogen (secondary N) is 1. The monoisotopic (exact) mass is 369 g/mol. The number of carbonyl (C=O) groups is 1. The first-order chi connectivity index (χ1) is 13.0. The first-order valence-corrected chi connectivity index (χ1v) is 8.41. The lowest BCUT2D eigenvalue weighted by molar-refractivity contribution is 0.0938. The Morgan fingerprint density at radius 1 is 1.15 bits per heavy atom. The van der Waals surface area contributed by atoms with Crippen LogP contribution in [-0.2, 0) is 0 Å². The molecule has 2 aromatic carbocycles. The molecule has 1 amide bonds. The van der Waals surface area contributed by atoms with Crippen LogP contribution >= 0.6 is 0 Å². The van der Waals surface area contributed by atoms with E-state index in [0.29, 0.717) is 23.7 Å². The molecule has 1 aliphatic heterocycles. The molecule has 0 radical (unpaired) electrons. The largest absolute Gasteiger partial charge is 0.493 e. The summed E-state index contributed by atoms with van der Waals surface area (Å²) in [6.07, 6.45) is 0. The zero-order valence-electron chi connectivity index (χ0n) is 14.7. The number of carbonyl (C=O) groups excluding carboxylic acids is 1. The lowest BCUT2D eigenvalue weighted by Gasteiger charge is -2.15. The first kappa shape index (κ1) is 17.1. The highest BCUT2D eigenvalue weighted by Crippen LogP contribution is 2.35. The zero-order valence-corrected chi connectivity index (χ0v) is 14.7. The van der Waals surface area contributed by atoms with Crippen LogP contribution in [0, 0.1) is 5.82 Å². The van der Waals surface area contributed by atoms with Gasteiger partial charge in [-0.05, 0) is 42.8 Å². The summed E-state index contributed by atoms with van der Waals surface area (Å²) >= 11 is 0. The molecule has 0 aliphatic carbocycles. The highest BCUT2D eigenvalue weighted by atomic mass is 19.1. The van der Waals surface area contributed by atoms with Gasteiger partial charge in [-0.2, -0.15) is 0 Å². The number of halogens is 1. The van der Waals surface area contributed by atoms with E-state index in [0.717, 1.165) is 6.07 Å². The fourth-order valence-electron chi connectivity index (χ4n) is 3.27. The normalized spacial score (nSPS) is 15.5. The summed E-state index contributed by atoms with van der Waals surface area (Å²) in [4.78, 5) is 25.3. The number of benzene rings is 2. The molecular formula is C20H16FNO5. The van der Waals surface area contributed by atoms with E-state index < -0.39 is 23.2 Å². The summed E-state index contributed by atoms with van der Waals surface area (Å²) in [5, 5.41) is 2.84. The molecule has 2 heterocycles. The van der Waals surface area contributed by atoms with E-state index in [9.17, 15) is 14.0 Å². The maximum atomic E-state index is 13.6. The van der Waals surface area contributed by atoms with E-state index >= 15 is 0 Å². The first-order valence-electron chi connectivity index (χ1n) is 8.41. The Bertz CT molecular complexity index is 1120. The number of rotatable bonds is 4. The van der Waals surface area contributed by atoms with Crippen LogP contribution in [0.3, 0.4) is 0 Å². The Morgan fingerprint density at radius 3 is 2.70 bits per heavy atom. The average molecular weight is 369 g/mol. The minimum atomic E-state index is -0.721. The molecule has 1 aliphatic rings. The van der Waals surface area contributed by atoms with Crippen LogP contribution in [0.15, 0.2) is 45.6 Å². The van der Waals surface area contributed by atoms with Crippen molar-refractivity contribution in [3.8, 4) is 11.5 Å². The summed E-state index contributed by atoms with van der Waals surface area (Å²) in [6, 6.07) is 8.06. The molecule has 0 saturated carbocycles. The standard InChI is InChI=1S/C20H16FNO5/c1-3-26-14-6-4-10(8-15(14)25-2)17-16-18(23)12-9-11(21)5-7-13(12)27-19(16)20(24)22-17/h4-9,17H,3H2,1-2H3,(H,22,24). The van der Waals surface area contributed by atoms with Gasteiger partial charge in [0.05, 0.1) is 30.7 Å². The molecule has 4 rings (SSSR count). The van der Waals surface area contributed by atoms with Crippen molar-refractivity contribution in [2.24, 2.45) is 0 Å². The Labute approximate surface area is 153 Å². The highest BCUT2D eigenvalue weighted by molar-refractivity contribution is 5.99. The Kier molecular flexibility index (Phi) is 4.07. The number of ether oxygens (including phenoxy) is 2. The van der Waals surface area contributed by atoms with Crippen LogP contribution in [-0.4, -0.2) is 19.6 Å². The zero-order chi connectivity index (χ0) is 19.1. The predicted molar refractivity (Wildman–Crippen MR) is 95.9 cm³/mol. The van der Waals surface area contributed by atoms with Gasteiger partial charge in [-0.25, -0.2) is 4.39 Å². The molecule has 6 nitrogen and oxygen atoms in total. The van der Waals surface area contributed by atoms with Crippen molar-refractivity contribution in [1.29, 1.82) is 0 Å². The van der Waals surface area contributed by atoms with Crippen LogP contribution < -0.4 is 20.2 Å². The van der Waals surface area contributed by atoms with Crippen LogP contribution in [0.1, 0.15) is 34.6 Å². The number of methoxy groups -OCH3 is 1. The maximum Gasteiger partial charge on any atom is 0.288 e. The average Bonchev–Trinajstić information content (AvgIpc) is 3.00. The van der Waals surface area contributed by atoms with Gasteiger partial charge >= 0.3 is 0 Å². The molecule has 0 saturated heterocycles. The van der Waals surface area contributed by atoms with Gasteiger partial charge in [-0.15, -0.1) is 0 Å². The minimum Gasteiger partial charge on any atom is -0.493 e. The fourth-order valence-corrected chi connectivity index (χ4v) is 3.27. The molecule has 1 aromatic heterocycles. The van der Waals surface area contributed by atoms with Crippen molar-refractivity contribution >= 4 is 16.9 Å². The molecule has 0 spiro atoms. The molecule has 138 valence electrons. The van der Waals surface area contributed by atoms with Gasteiger partial charge in [0.1, 0.15) is 11.4 Å². The van der Waals surface area contributed by atoms with Crippen LogP contribution in [0.25, 0.3) is 11.0 Å². The summed E-state index contributed by atoms with van der Waals surface area (Å²) in [5.74, 6) is -0.0661. The van der Waals surface area contributed by atoms with Gasteiger partial charge in [0.2, 0.25) is 5.76 Å². The van der Waals surface area contributed by atoms with Gasteiger partial charge in [-0.3, -0.25) is 9.59 Å². The predicted octanol–water partition coefficient (Wildman–Crippen LogP) is 3.17. The molecule has 0 bridgehead atoms. The van der Waals surface area contributed by atoms with Crippen LogP contribution in [0.5, 0.6) is 11.5 Å². The van der Waals surface area contributed by atoms with Crippen molar-refractivity contribution in [2.45, 2.75) is 13.0 Å². The van der Waals surface area contributed by atoms with Crippen LogP contribution in [0.4, 0.5) is 4.39 Å². The second-order valence-electron chi connectivity index (χ2n) is 6.06. The van der Waals surface area contributed by atoms with Crippen LogP contribution in [0.2, 0.25) is 0 Å². The number of fused-ring (bicyclic) bond motifs is 2. The number of amides is 1. The van der Waals surface area contributed by atoms with Gasteiger partial charge in [-0.1, -0.05) is 6.07 Å². The quantitative estimate of drug-likeness (QED) is 0.764. The van der Waals surface area contributed by atoms with Gasteiger partial charge in [0.25, 0.3) is 5.91 Å². The van der Waals surface area contributed by atoms with Gasteiger partial charge < -0.3 is 19.2 Å². The SMILES string of the molecule is CCOc1ccc(C2NC(=O)c3oc4ccc(F)cc4c(=O)c32)cc1OC. The Morgan fingerprint density at radius 2 is 1.96 bits per heavy atom. The summed E-state index contributed by atoms with van der Waals surface area (Å²) in [5.41, 5.74) is 0.511. The molecule has 27 heavy (non-hydrogen) atoms. The third-order valence-corrected chi connectivity index (χ3v) is 4.48. The maximum absolute atomic E-state index is 13.6. The summed E-state index contributed by atoms with van der Waals surface area (Å²) < 4.78 is 30.0. The molecular weight excluding hydrogens is 353 g/mol. The van der Waals surface area contributed by atoms with E-state index in [1.54, 1.807) is 18.2 Å². The number of hydrogen-bond acceptors (Lipinski definition) is 5. The van der Waals surface area contributed by atoms with Crippen molar-refractivity contribution < 1.29 is 23.1 Å². The Balaban J connectivity index is 1.89. The third kappa shape index (κ3) is 2.71. The molecule has 7 heteroatoms. The van der Waals surface area contributed by atoms with Crippen molar-refractivity contribution in [3.05, 3.63) is 69.3 Å². The molecule has 1 atom stereocenters. The smallest absolute Gasteiger partial charge is 0.288 e. The summed E-state index contributed by atoms with van der Waals surface area (Å²) in [6.45, 7) is 2.33. The highest BCUT2D eigenvalue weighted by Gasteiger charge is 2.36. The lowest BCUT2D eigenvalue weighted by atomic mass is 9.99. The fraction of sp³-hybridized carbons (Fsp3) is 0.200. The van der Waals surface area contributed by atoms with E-state index in [2.05, 4.69) is 5.32 Å². The van der Waals surface area contributed by atoms with E-state index in [1.807, 2.05) is 6.92 Å². The second kappa shape index (κ2) is 6.42. The third-order valence-electron chi connectivity index (χ3n) is 4.48.